The molecule has 21 heavy (non-hydrogen) atoms. The predicted molar refractivity (Wildman–Crippen MR) is 82.1 cm³/mol. The van der Waals surface area contributed by atoms with Crippen LogP contribution < -0.4 is 10.6 Å². The summed E-state index contributed by atoms with van der Waals surface area (Å²) in [5.41, 5.74) is 0. The van der Waals surface area contributed by atoms with Gasteiger partial charge in [0.15, 0.2) is 9.84 Å². The summed E-state index contributed by atoms with van der Waals surface area (Å²) in [6, 6.07) is 5.73. The lowest BCUT2D eigenvalue weighted by Crippen LogP contribution is -2.42. The van der Waals surface area contributed by atoms with E-state index in [0.29, 0.717) is 6.54 Å². The molecule has 0 aliphatic carbocycles. The number of nitrogens with one attached hydrogen (secondary N) is 2. The van der Waals surface area contributed by atoms with Gasteiger partial charge in [-0.2, -0.15) is 0 Å². The van der Waals surface area contributed by atoms with E-state index in [1.165, 1.54) is 23.9 Å². The maximum Gasteiger partial charge on any atom is 0.321 e. The minimum absolute atomic E-state index is 0.228. The zero-order chi connectivity index (χ0) is 16.0. The van der Waals surface area contributed by atoms with E-state index >= 15 is 0 Å². The maximum atomic E-state index is 11.8. The molecule has 0 aromatic heterocycles. The van der Waals surface area contributed by atoms with Gasteiger partial charge in [-0.05, 0) is 38.1 Å². The van der Waals surface area contributed by atoms with E-state index in [-0.39, 0.29) is 4.90 Å². The Bertz CT molecular complexity index is 612. The van der Waals surface area contributed by atoms with Crippen LogP contribution in [0.15, 0.2) is 34.1 Å². The number of thioether (sulfide) groups is 1. The van der Waals surface area contributed by atoms with Crippen molar-refractivity contribution in [1.82, 2.24) is 10.6 Å². The van der Waals surface area contributed by atoms with Crippen LogP contribution in [-0.4, -0.2) is 38.4 Å². The van der Waals surface area contributed by atoms with Crippen molar-refractivity contribution in [3.05, 3.63) is 24.3 Å². The fourth-order valence-corrected chi connectivity index (χ4v) is 2.94. The molecule has 0 saturated carbocycles. The molecule has 0 aliphatic heterocycles. The van der Waals surface area contributed by atoms with Crippen molar-refractivity contribution >= 4 is 33.5 Å². The van der Waals surface area contributed by atoms with Crippen LogP contribution >= 0.6 is 11.8 Å². The highest BCUT2D eigenvalue weighted by atomic mass is 32.2. The molecule has 8 heteroatoms. The molecule has 116 valence electrons. The first-order chi connectivity index (χ1) is 9.74. The van der Waals surface area contributed by atoms with Crippen LogP contribution in [0.25, 0.3) is 0 Å². The number of urea groups is 1. The van der Waals surface area contributed by atoms with Gasteiger partial charge in [-0.15, -0.1) is 11.8 Å². The van der Waals surface area contributed by atoms with Crippen LogP contribution in [0.3, 0.4) is 0 Å². The Kier molecular flexibility index (Phi) is 6.22. The molecule has 0 bridgehead atoms. The van der Waals surface area contributed by atoms with Crippen molar-refractivity contribution in [2.75, 3.05) is 12.8 Å². The first-order valence-corrected chi connectivity index (χ1v) is 9.06. The van der Waals surface area contributed by atoms with Gasteiger partial charge in [0.25, 0.3) is 0 Å². The summed E-state index contributed by atoms with van der Waals surface area (Å²) in [4.78, 5) is 24.0. The maximum absolute atomic E-state index is 11.8. The van der Waals surface area contributed by atoms with Crippen LogP contribution in [0.2, 0.25) is 0 Å². The molecule has 0 spiro atoms. The Labute approximate surface area is 128 Å². The second kappa shape index (κ2) is 7.46. The fraction of sp³-hybridized carbons (Fsp3) is 0.385. The summed E-state index contributed by atoms with van der Waals surface area (Å²) in [6.07, 6.45) is 1.14. The standard InChI is InChI=1S/C13H18N2O4S2/c1-4-14-13(17)15-12(16)9(2)20-10-5-7-11(8-6-10)21(3,18)19/h5-9H,4H2,1-3H3,(H2,14,15,16,17)/t9-/m0/s1. The van der Waals surface area contributed by atoms with Gasteiger partial charge >= 0.3 is 6.03 Å². The SMILES string of the molecule is CCNC(=O)NC(=O)[C@H](C)Sc1ccc(S(C)(=O)=O)cc1. The van der Waals surface area contributed by atoms with Gasteiger partial charge in [-0.25, -0.2) is 13.2 Å². The molecule has 1 aromatic rings. The lowest BCUT2D eigenvalue weighted by molar-refractivity contribution is -0.119. The van der Waals surface area contributed by atoms with Gasteiger partial charge in [0.1, 0.15) is 0 Å². The van der Waals surface area contributed by atoms with Crippen LogP contribution in [0.4, 0.5) is 4.79 Å². The average molecular weight is 330 g/mol. The van der Waals surface area contributed by atoms with E-state index in [1.807, 2.05) is 0 Å². The van der Waals surface area contributed by atoms with E-state index < -0.39 is 27.0 Å². The summed E-state index contributed by atoms with van der Waals surface area (Å²) < 4.78 is 22.7. The molecule has 0 heterocycles. The highest BCUT2D eigenvalue weighted by Gasteiger charge is 2.17. The number of rotatable bonds is 5. The molecule has 0 unspecified atom stereocenters. The largest absolute Gasteiger partial charge is 0.338 e. The molecule has 2 N–H and O–H groups in total. The van der Waals surface area contributed by atoms with Crippen LogP contribution in [0, 0.1) is 0 Å². The number of amides is 3. The predicted octanol–water partition coefficient (Wildman–Crippen LogP) is 1.42. The number of sulfone groups is 1. The summed E-state index contributed by atoms with van der Waals surface area (Å²) in [5, 5.41) is 4.23. The number of carbonyl (C=O) groups is 2. The summed E-state index contributed by atoms with van der Waals surface area (Å²) in [7, 11) is -3.23. The molecule has 6 nitrogen and oxygen atoms in total. The van der Waals surface area contributed by atoms with E-state index in [1.54, 1.807) is 26.0 Å². The summed E-state index contributed by atoms with van der Waals surface area (Å²) in [5.74, 6) is -0.405. The first-order valence-electron chi connectivity index (χ1n) is 6.29. The van der Waals surface area contributed by atoms with Crippen LogP contribution in [0.5, 0.6) is 0 Å². The summed E-state index contributed by atoms with van der Waals surface area (Å²) >= 11 is 1.24. The van der Waals surface area contributed by atoms with E-state index in [4.69, 9.17) is 0 Å². The molecular weight excluding hydrogens is 312 g/mol. The van der Waals surface area contributed by atoms with E-state index in [9.17, 15) is 18.0 Å². The molecule has 1 rings (SSSR count). The van der Waals surface area contributed by atoms with Gasteiger partial charge in [-0.1, -0.05) is 0 Å². The molecule has 1 atom stereocenters. The van der Waals surface area contributed by atoms with Gasteiger partial charge in [-0.3, -0.25) is 10.1 Å². The molecule has 0 radical (unpaired) electrons. The number of hydrogen-bond donors (Lipinski definition) is 2. The smallest absolute Gasteiger partial charge is 0.321 e. The Morgan fingerprint density at radius 2 is 1.81 bits per heavy atom. The first kappa shape index (κ1) is 17.5. The van der Waals surface area contributed by atoms with Gasteiger partial charge in [0.2, 0.25) is 5.91 Å². The van der Waals surface area contributed by atoms with Crippen molar-refractivity contribution in [1.29, 1.82) is 0 Å². The third-order valence-corrected chi connectivity index (χ3v) is 4.75. The zero-order valence-corrected chi connectivity index (χ0v) is 13.7. The quantitative estimate of drug-likeness (QED) is 0.797. The number of carbonyl (C=O) groups excluding carboxylic acids is 2. The van der Waals surface area contributed by atoms with E-state index in [2.05, 4.69) is 10.6 Å². The highest BCUT2D eigenvalue weighted by Crippen LogP contribution is 2.24. The number of imide groups is 1. The lowest BCUT2D eigenvalue weighted by atomic mass is 10.4. The fourth-order valence-electron chi connectivity index (χ4n) is 1.44. The zero-order valence-electron chi connectivity index (χ0n) is 12.0. The second-order valence-electron chi connectivity index (χ2n) is 4.35. The number of benzene rings is 1. The Balaban J connectivity index is 2.64. The highest BCUT2D eigenvalue weighted by molar-refractivity contribution is 8.00. The van der Waals surface area contributed by atoms with Gasteiger partial charge < -0.3 is 5.32 Å². The minimum atomic E-state index is -3.23. The second-order valence-corrected chi connectivity index (χ2v) is 7.78. The molecule has 0 aliphatic rings. The summed E-state index contributed by atoms with van der Waals surface area (Å²) in [6.45, 7) is 3.86. The van der Waals surface area contributed by atoms with Crippen LogP contribution in [-0.2, 0) is 14.6 Å². The van der Waals surface area contributed by atoms with Crippen molar-refractivity contribution in [3.8, 4) is 0 Å². The van der Waals surface area contributed by atoms with Crippen molar-refractivity contribution in [3.63, 3.8) is 0 Å². The third kappa shape index (κ3) is 5.76. The normalized spacial score (nSPS) is 12.5. The average Bonchev–Trinajstić information content (AvgIpc) is 2.38. The third-order valence-electron chi connectivity index (χ3n) is 2.51. The van der Waals surface area contributed by atoms with Crippen molar-refractivity contribution in [2.45, 2.75) is 28.9 Å². The monoisotopic (exact) mass is 330 g/mol. The van der Waals surface area contributed by atoms with E-state index in [0.717, 1.165) is 11.2 Å². The van der Waals surface area contributed by atoms with Crippen molar-refractivity contribution in [2.24, 2.45) is 0 Å². The van der Waals surface area contributed by atoms with Gasteiger partial charge in [0, 0.05) is 17.7 Å². The van der Waals surface area contributed by atoms with Crippen LogP contribution in [0.1, 0.15) is 13.8 Å². The number of hydrogen-bond acceptors (Lipinski definition) is 5. The lowest BCUT2D eigenvalue weighted by Gasteiger charge is -2.11. The van der Waals surface area contributed by atoms with Crippen molar-refractivity contribution < 1.29 is 18.0 Å². The Morgan fingerprint density at radius 1 is 1.24 bits per heavy atom. The molecule has 3 amide bonds. The van der Waals surface area contributed by atoms with Gasteiger partial charge in [0.05, 0.1) is 10.1 Å². The molecule has 0 fully saturated rings. The Hall–Kier alpha value is -1.54. The molecule has 1 aromatic carbocycles. The molecular formula is C13H18N2O4S2. The minimum Gasteiger partial charge on any atom is -0.338 e. The Morgan fingerprint density at radius 3 is 2.29 bits per heavy atom. The molecule has 0 saturated heterocycles. The topological polar surface area (TPSA) is 92.3 Å².